The van der Waals surface area contributed by atoms with Crippen molar-refractivity contribution in [2.75, 3.05) is 11.9 Å². The molecule has 0 saturated carbocycles. The summed E-state index contributed by atoms with van der Waals surface area (Å²) >= 11 is 6.70. The van der Waals surface area contributed by atoms with Crippen LogP contribution in [-0.4, -0.2) is 33.4 Å². The van der Waals surface area contributed by atoms with Gasteiger partial charge in [0.2, 0.25) is 5.91 Å². The largest absolute Gasteiger partial charge is 0.457 e. The lowest BCUT2D eigenvalue weighted by Gasteiger charge is -2.13. The molecular weight excluding hydrogens is 482 g/mol. The minimum Gasteiger partial charge on any atom is -0.457 e. The zero-order valence-corrected chi connectivity index (χ0v) is 19.2. The summed E-state index contributed by atoms with van der Waals surface area (Å²) in [7, 11) is 0. The molecule has 4 rings (SSSR count). The van der Waals surface area contributed by atoms with Gasteiger partial charge in [0.25, 0.3) is 16.8 Å². The lowest BCUT2D eigenvalue weighted by Crippen LogP contribution is -2.36. The molecule has 0 bridgehead atoms. The Morgan fingerprint density at radius 3 is 2.71 bits per heavy atom. The second-order valence-corrected chi connectivity index (χ2v) is 8.66. The first kappa shape index (κ1) is 23.3. The first-order valence-electron chi connectivity index (χ1n) is 9.88. The second kappa shape index (κ2) is 9.54. The summed E-state index contributed by atoms with van der Waals surface area (Å²) < 4.78 is 5.71. The maximum absolute atomic E-state index is 12.7. The van der Waals surface area contributed by atoms with Crippen molar-refractivity contribution in [3.8, 4) is 11.3 Å². The summed E-state index contributed by atoms with van der Waals surface area (Å²) in [5.74, 6) is -0.553. The van der Waals surface area contributed by atoms with Crippen LogP contribution in [0.2, 0.25) is 5.02 Å². The van der Waals surface area contributed by atoms with E-state index < -0.39 is 28.5 Å². The monoisotopic (exact) mass is 497 g/mol. The van der Waals surface area contributed by atoms with Crippen molar-refractivity contribution in [3.63, 3.8) is 0 Å². The number of carbonyl (C=O) groups is 3. The normalized spacial score (nSPS) is 14.6. The molecule has 9 nitrogen and oxygen atoms in total. The molecule has 2 aromatic carbocycles. The Morgan fingerprint density at radius 1 is 1.21 bits per heavy atom. The SMILES string of the molecule is Cc1ccc(-c2ccc(/C=C3/SC(=O)N(CC(=O)Nc4ccccc4Cl)C3=O)o2)cc1[N+](=O)[O-]. The molecule has 3 aromatic rings. The molecule has 172 valence electrons. The van der Waals surface area contributed by atoms with Crippen molar-refractivity contribution in [3.05, 3.63) is 86.0 Å². The second-order valence-electron chi connectivity index (χ2n) is 7.26. The number of benzene rings is 2. The van der Waals surface area contributed by atoms with Crippen LogP contribution in [-0.2, 0) is 9.59 Å². The van der Waals surface area contributed by atoms with Gasteiger partial charge in [0.05, 0.1) is 20.5 Å². The number of furan rings is 1. The third-order valence-electron chi connectivity index (χ3n) is 4.91. The highest BCUT2D eigenvalue weighted by atomic mass is 35.5. The van der Waals surface area contributed by atoms with Gasteiger partial charge in [-0.3, -0.25) is 29.4 Å². The van der Waals surface area contributed by atoms with Crippen LogP contribution < -0.4 is 5.32 Å². The first-order chi connectivity index (χ1) is 16.2. The van der Waals surface area contributed by atoms with Gasteiger partial charge < -0.3 is 9.73 Å². The van der Waals surface area contributed by atoms with E-state index in [4.69, 9.17) is 16.0 Å². The summed E-state index contributed by atoms with van der Waals surface area (Å²) in [5, 5.41) is 13.5. The Labute approximate surface area is 202 Å². The molecule has 0 radical (unpaired) electrons. The molecule has 0 unspecified atom stereocenters. The molecule has 1 aliphatic rings. The van der Waals surface area contributed by atoms with Crippen molar-refractivity contribution < 1.29 is 23.7 Å². The molecule has 11 heteroatoms. The maximum atomic E-state index is 12.7. The summed E-state index contributed by atoms with van der Waals surface area (Å²) in [6, 6.07) is 14.5. The quantitative estimate of drug-likeness (QED) is 0.271. The number of nitrogens with zero attached hydrogens (tertiary/aromatic N) is 2. The van der Waals surface area contributed by atoms with E-state index in [0.29, 0.717) is 39.4 Å². The van der Waals surface area contributed by atoms with Crippen molar-refractivity contribution in [1.29, 1.82) is 0 Å². The maximum Gasteiger partial charge on any atom is 0.294 e. The van der Waals surface area contributed by atoms with Gasteiger partial charge in [0.1, 0.15) is 18.1 Å². The van der Waals surface area contributed by atoms with Crippen LogP contribution in [0.5, 0.6) is 0 Å². The smallest absolute Gasteiger partial charge is 0.294 e. The molecule has 1 N–H and O–H groups in total. The fourth-order valence-corrected chi connectivity index (χ4v) is 4.21. The van der Waals surface area contributed by atoms with Gasteiger partial charge in [0, 0.05) is 23.3 Å². The summed E-state index contributed by atoms with van der Waals surface area (Å²) in [5.41, 5.74) is 1.36. The number of nitro benzene ring substituents is 1. The molecular formula is C23H16ClN3O6S. The number of imide groups is 1. The molecule has 2 heterocycles. The van der Waals surface area contributed by atoms with Crippen LogP contribution in [0.25, 0.3) is 17.4 Å². The molecule has 0 spiro atoms. The molecule has 1 aromatic heterocycles. The molecule has 34 heavy (non-hydrogen) atoms. The number of carbonyl (C=O) groups excluding carboxylic acids is 3. The zero-order chi connectivity index (χ0) is 24.4. The molecule has 0 atom stereocenters. The van der Waals surface area contributed by atoms with Crippen LogP contribution in [0.3, 0.4) is 0 Å². The van der Waals surface area contributed by atoms with Crippen LogP contribution in [0.15, 0.2) is 63.9 Å². The lowest BCUT2D eigenvalue weighted by molar-refractivity contribution is -0.385. The van der Waals surface area contributed by atoms with E-state index in [0.717, 1.165) is 4.90 Å². The van der Waals surface area contributed by atoms with E-state index in [1.54, 1.807) is 55.5 Å². The molecule has 1 aliphatic heterocycles. The number of nitro groups is 1. The van der Waals surface area contributed by atoms with Gasteiger partial charge in [-0.15, -0.1) is 0 Å². The van der Waals surface area contributed by atoms with E-state index in [-0.39, 0.29) is 16.4 Å². The van der Waals surface area contributed by atoms with Gasteiger partial charge in [-0.05, 0) is 43.0 Å². The number of amides is 3. The Bertz CT molecular complexity index is 1370. The number of thioether (sulfide) groups is 1. The lowest BCUT2D eigenvalue weighted by atomic mass is 10.1. The van der Waals surface area contributed by atoms with E-state index >= 15 is 0 Å². The molecule has 0 aliphatic carbocycles. The number of halogens is 1. The number of nitrogens with one attached hydrogen (secondary N) is 1. The van der Waals surface area contributed by atoms with Crippen LogP contribution in [0, 0.1) is 17.0 Å². The Balaban J connectivity index is 1.48. The number of para-hydroxylation sites is 1. The standard InChI is InChI=1S/C23H16ClN3O6S/c1-13-6-7-14(10-18(13)27(31)32)19-9-8-15(33-19)11-20-22(29)26(23(30)34-20)12-21(28)25-17-5-3-2-4-16(17)24/h2-11H,12H2,1H3,(H,25,28)/b20-11+. The number of anilines is 1. The van der Waals surface area contributed by atoms with Gasteiger partial charge in [-0.25, -0.2) is 0 Å². The third kappa shape index (κ3) is 4.87. The fraction of sp³-hybridized carbons (Fsp3) is 0.0870. The van der Waals surface area contributed by atoms with Gasteiger partial charge in [-0.1, -0.05) is 35.9 Å². The zero-order valence-electron chi connectivity index (χ0n) is 17.6. The number of rotatable bonds is 6. The van der Waals surface area contributed by atoms with Crippen LogP contribution in [0.4, 0.5) is 16.2 Å². The number of hydrogen-bond acceptors (Lipinski definition) is 7. The van der Waals surface area contributed by atoms with Gasteiger partial charge >= 0.3 is 0 Å². The number of aryl methyl sites for hydroxylation is 1. The van der Waals surface area contributed by atoms with E-state index in [1.165, 1.54) is 12.1 Å². The Morgan fingerprint density at radius 2 is 1.97 bits per heavy atom. The summed E-state index contributed by atoms with van der Waals surface area (Å²) in [4.78, 5) is 49.0. The Kier molecular flexibility index (Phi) is 6.53. The number of hydrogen-bond donors (Lipinski definition) is 1. The van der Waals surface area contributed by atoms with Crippen LogP contribution >= 0.6 is 23.4 Å². The van der Waals surface area contributed by atoms with Crippen molar-refractivity contribution >= 4 is 57.9 Å². The highest BCUT2D eigenvalue weighted by Gasteiger charge is 2.36. The molecule has 3 amide bonds. The average molecular weight is 498 g/mol. The minimum atomic E-state index is -0.631. The Hall–Kier alpha value is -3.89. The molecule has 1 fully saturated rings. The average Bonchev–Trinajstić information content (AvgIpc) is 3.36. The molecule has 1 saturated heterocycles. The third-order valence-corrected chi connectivity index (χ3v) is 6.15. The van der Waals surface area contributed by atoms with Crippen LogP contribution in [0.1, 0.15) is 11.3 Å². The minimum absolute atomic E-state index is 0.0355. The predicted octanol–water partition coefficient (Wildman–Crippen LogP) is 5.49. The summed E-state index contributed by atoms with van der Waals surface area (Å²) in [6.07, 6.45) is 1.39. The van der Waals surface area contributed by atoms with Gasteiger partial charge in [-0.2, -0.15) is 0 Å². The van der Waals surface area contributed by atoms with E-state index in [2.05, 4.69) is 5.32 Å². The highest BCUT2D eigenvalue weighted by Crippen LogP contribution is 2.34. The first-order valence-corrected chi connectivity index (χ1v) is 11.1. The highest BCUT2D eigenvalue weighted by molar-refractivity contribution is 8.18. The van der Waals surface area contributed by atoms with Crippen molar-refractivity contribution in [1.82, 2.24) is 4.90 Å². The predicted molar refractivity (Wildman–Crippen MR) is 128 cm³/mol. The van der Waals surface area contributed by atoms with Gasteiger partial charge in [0.15, 0.2) is 0 Å². The van der Waals surface area contributed by atoms with Crippen molar-refractivity contribution in [2.45, 2.75) is 6.92 Å². The van der Waals surface area contributed by atoms with Crippen molar-refractivity contribution in [2.24, 2.45) is 0 Å². The van der Waals surface area contributed by atoms with E-state index in [1.807, 2.05) is 0 Å². The van der Waals surface area contributed by atoms with E-state index in [9.17, 15) is 24.5 Å². The fourth-order valence-electron chi connectivity index (χ4n) is 3.21. The summed E-state index contributed by atoms with van der Waals surface area (Å²) in [6.45, 7) is 1.17. The topological polar surface area (TPSA) is 123 Å².